The van der Waals surface area contributed by atoms with Crippen LogP contribution in [0.2, 0.25) is 0 Å². The van der Waals surface area contributed by atoms with E-state index in [0.717, 1.165) is 17.0 Å². The number of halogens is 2. The van der Waals surface area contributed by atoms with E-state index >= 15 is 0 Å². The SMILES string of the molecule is CC(CN(C)C(=O)c1ccc(F)cc1F)C(=O)O. The van der Waals surface area contributed by atoms with Crippen molar-refractivity contribution in [1.82, 2.24) is 4.90 Å². The van der Waals surface area contributed by atoms with Crippen LogP contribution in [-0.2, 0) is 4.79 Å². The maximum absolute atomic E-state index is 13.4. The molecule has 18 heavy (non-hydrogen) atoms. The van der Waals surface area contributed by atoms with Gasteiger partial charge in [-0.15, -0.1) is 0 Å². The lowest BCUT2D eigenvalue weighted by atomic mass is 10.1. The number of amides is 1. The second-order valence-corrected chi connectivity index (χ2v) is 4.05. The quantitative estimate of drug-likeness (QED) is 0.894. The molecule has 0 heterocycles. The summed E-state index contributed by atoms with van der Waals surface area (Å²) in [7, 11) is 1.37. The number of carboxylic acids is 1. The average Bonchev–Trinajstić information content (AvgIpc) is 2.27. The van der Waals surface area contributed by atoms with E-state index in [-0.39, 0.29) is 12.1 Å². The number of benzene rings is 1. The maximum atomic E-state index is 13.4. The lowest BCUT2D eigenvalue weighted by Crippen LogP contribution is -2.34. The van der Waals surface area contributed by atoms with Crippen molar-refractivity contribution in [2.45, 2.75) is 6.92 Å². The van der Waals surface area contributed by atoms with Crippen molar-refractivity contribution >= 4 is 11.9 Å². The molecule has 1 aromatic rings. The predicted molar refractivity (Wildman–Crippen MR) is 60.1 cm³/mol. The van der Waals surface area contributed by atoms with Crippen molar-refractivity contribution in [3.63, 3.8) is 0 Å². The molecule has 98 valence electrons. The lowest BCUT2D eigenvalue weighted by Gasteiger charge is -2.19. The summed E-state index contributed by atoms with van der Waals surface area (Å²) < 4.78 is 26.0. The molecule has 0 aromatic heterocycles. The highest BCUT2D eigenvalue weighted by Gasteiger charge is 2.20. The number of hydrogen-bond donors (Lipinski definition) is 1. The fraction of sp³-hybridized carbons (Fsp3) is 0.333. The Hall–Kier alpha value is -1.98. The Labute approximate surface area is 103 Å². The molecule has 1 amide bonds. The zero-order chi connectivity index (χ0) is 13.9. The van der Waals surface area contributed by atoms with E-state index in [2.05, 4.69) is 0 Å². The minimum atomic E-state index is -1.05. The second-order valence-electron chi connectivity index (χ2n) is 4.05. The van der Waals surface area contributed by atoms with E-state index < -0.39 is 29.4 Å². The third-order valence-electron chi connectivity index (χ3n) is 2.48. The van der Waals surface area contributed by atoms with Gasteiger partial charge in [0.25, 0.3) is 5.91 Å². The predicted octanol–water partition coefficient (Wildman–Crippen LogP) is 1.76. The number of rotatable bonds is 4. The van der Waals surface area contributed by atoms with Gasteiger partial charge in [-0.3, -0.25) is 9.59 Å². The van der Waals surface area contributed by atoms with E-state index in [4.69, 9.17) is 5.11 Å². The van der Waals surface area contributed by atoms with Gasteiger partial charge >= 0.3 is 5.97 Å². The first-order valence-electron chi connectivity index (χ1n) is 5.26. The van der Waals surface area contributed by atoms with Gasteiger partial charge in [-0.1, -0.05) is 6.92 Å². The van der Waals surface area contributed by atoms with Gasteiger partial charge in [-0.2, -0.15) is 0 Å². The fourth-order valence-electron chi connectivity index (χ4n) is 1.44. The Morgan fingerprint density at radius 3 is 2.50 bits per heavy atom. The molecule has 1 aromatic carbocycles. The summed E-state index contributed by atoms with van der Waals surface area (Å²) in [4.78, 5) is 23.5. The van der Waals surface area contributed by atoms with E-state index in [1.165, 1.54) is 14.0 Å². The van der Waals surface area contributed by atoms with Crippen molar-refractivity contribution in [2.75, 3.05) is 13.6 Å². The van der Waals surface area contributed by atoms with Gasteiger partial charge in [-0.25, -0.2) is 8.78 Å². The molecule has 0 aliphatic carbocycles. The van der Waals surface area contributed by atoms with Gasteiger partial charge < -0.3 is 10.0 Å². The summed E-state index contributed by atoms with van der Waals surface area (Å²) >= 11 is 0. The van der Waals surface area contributed by atoms with Gasteiger partial charge in [0.2, 0.25) is 0 Å². The molecule has 0 aliphatic heterocycles. The summed E-state index contributed by atoms with van der Waals surface area (Å²) in [5.41, 5.74) is -0.281. The Kier molecular flexibility index (Phi) is 4.36. The van der Waals surface area contributed by atoms with Crippen LogP contribution < -0.4 is 0 Å². The van der Waals surface area contributed by atoms with Crippen molar-refractivity contribution in [3.05, 3.63) is 35.4 Å². The Morgan fingerprint density at radius 2 is 2.00 bits per heavy atom. The molecule has 0 radical (unpaired) electrons. The highest BCUT2D eigenvalue weighted by molar-refractivity contribution is 5.94. The number of carbonyl (C=O) groups is 2. The monoisotopic (exact) mass is 257 g/mol. The molecule has 1 rings (SSSR count). The molecule has 0 bridgehead atoms. The van der Waals surface area contributed by atoms with Crippen LogP contribution in [0, 0.1) is 17.6 Å². The first-order chi connectivity index (χ1) is 8.32. The van der Waals surface area contributed by atoms with Gasteiger partial charge in [0.1, 0.15) is 11.6 Å². The average molecular weight is 257 g/mol. The highest BCUT2D eigenvalue weighted by Crippen LogP contribution is 2.12. The van der Waals surface area contributed by atoms with E-state index in [0.29, 0.717) is 6.07 Å². The first-order valence-corrected chi connectivity index (χ1v) is 5.26. The van der Waals surface area contributed by atoms with Crippen LogP contribution in [0.5, 0.6) is 0 Å². The largest absolute Gasteiger partial charge is 0.481 e. The third-order valence-corrected chi connectivity index (χ3v) is 2.48. The minimum Gasteiger partial charge on any atom is -0.481 e. The van der Waals surface area contributed by atoms with E-state index in [1.54, 1.807) is 0 Å². The van der Waals surface area contributed by atoms with Crippen LogP contribution in [0.25, 0.3) is 0 Å². The highest BCUT2D eigenvalue weighted by atomic mass is 19.1. The smallest absolute Gasteiger partial charge is 0.308 e. The van der Waals surface area contributed by atoms with E-state index in [1.807, 2.05) is 0 Å². The van der Waals surface area contributed by atoms with Crippen molar-refractivity contribution in [2.24, 2.45) is 5.92 Å². The third kappa shape index (κ3) is 3.26. The molecule has 1 unspecified atom stereocenters. The summed E-state index contributed by atoms with van der Waals surface area (Å²) in [6.07, 6.45) is 0. The molecular weight excluding hydrogens is 244 g/mol. The summed E-state index contributed by atoms with van der Waals surface area (Å²) in [6.45, 7) is 1.39. The van der Waals surface area contributed by atoms with Gasteiger partial charge in [-0.05, 0) is 12.1 Å². The van der Waals surface area contributed by atoms with Crippen LogP contribution >= 0.6 is 0 Å². The van der Waals surface area contributed by atoms with Gasteiger partial charge in [0, 0.05) is 19.7 Å². The number of carboxylic acid groups (broad SMARTS) is 1. The minimum absolute atomic E-state index is 0.0506. The molecular formula is C12H13F2NO3. The molecule has 1 atom stereocenters. The fourth-order valence-corrected chi connectivity index (χ4v) is 1.44. The molecule has 0 aliphatic rings. The normalized spacial score (nSPS) is 12.0. The standard InChI is InChI=1S/C12H13F2NO3/c1-7(12(17)18)6-15(2)11(16)9-4-3-8(13)5-10(9)14/h3-5,7H,6H2,1-2H3,(H,17,18). The Balaban J connectivity index is 2.83. The summed E-state index contributed by atoms with van der Waals surface area (Å²) in [5, 5.41) is 8.71. The first kappa shape index (κ1) is 14.1. The Morgan fingerprint density at radius 1 is 1.39 bits per heavy atom. The molecule has 1 N–H and O–H groups in total. The van der Waals surface area contributed by atoms with Crippen LogP contribution in [-0.4, -0.2) is 35.5 Å². The zero-order valence-electron chi connectivity index (χ0n) is 9.98. The molecule has 0 saturated heterocycles. The number of aliphatic carboxylic acids is 1. The summed E-state index contributed by atoms with van der Waals surface area (Å²) in [6, 6.07) is 2.63. The maximum Gasteiger partial charge on any atom is 0.308 e. The topological polar surface area (TPSA) is 57.6 Å². The van der Waals surface area contributed by atoms with E-state index in [9.17, 15) is 18.4 Å². The molecule has 0 fully saturated rings. The Bertz CT molecular complexity index is 476. The van der Waals surface area contributed by atoms with Gasteiger partial charge in [0.05, 0.1) is 11.5 Å². The van der Waals surface area contributed by atoms with Crippen LogP contribution in [0.15, 0.2) is 18.2 Å². The van der Waals surface area contributed by atoms with Crippen molar-refractivity contribution < 1.29 is 23.5 Å². The summed E-state index contributed by atoms with van der Waals surface area (Å²) in [5.74, 6) is -4.22. The number of hydrogen-bond acceptors (Lipinski definition) is 2. The van der Waals surface area contributed by atoms with Crippen LogP contribution in [0.1, 0.15) is 17.3 Å². The zero-order valence-corrected chi connectivity index (χ0v) is 9.98. The van der Waals surface area contributed by atoms with Crippen molar-refractivity contribution in [3.8, 4) is 0 Å². The molecule has 6 heteroatoms. The van der Waals surface area contributed by atoms with Crippen LogP contribution in [0.3, 0.4) is 0 Å². The van der Waals surface area contributed by atoms with Crippen LogP contribution in [0.4, 0.5) is 8.78 Å². The molecule has 0 saturated carbocycles. The number of carbonyl (C=O) groups excluding carboxylic acids is 1. The van der Waals surface area contributed by atoms with Crippen molar-refractivity contribution in [1.29, 1.82) is 0 Å². The lowest BCUT2D eigenvalue weighted by molar-refractivity contribution is -0.141. The molecule has 4 nitrogen and oxygen atoms in total. The number of nitrogens with zero attached hydrogens (tertiary/aromatic N) is 1. The van der Waals surface area contributed by atoms with Gasteiger partial charge in [0.15, 0.2) is 0 Å². The second kappa shape index (κ2) is 5.57. The molecule has 0 spiro atoms.